The number of benzene rings is 1. The third-order valence-corrected chi connectivity index (χ3v) is 3.92. The maximum atomic E-state index is 12.3. The summed E-state index contributed by atoms with van der Waals surface area (Å²) in [4.78, 5) is 12.3. The number of nitrogens with two attached hydrogens (primary N) is 1. The van der Waals surface area contributed by atoms with E-state index in [0.717, 1.165) is 24.1 Å². The van der Waals surface area contributed by atoms with Crippen molar-refractivity contribution in [2.45, 2.75) is 46.1 Å². The summed E-state index contributed by atoms with van der Waals surface area (Å²) in [5, 5.41) is 4.52. The van der Waals surface area contributed by atoms with E-state index in [-0.39, 0.29) is 5.78 Å². The van der Waals surface area contributed by atoms with Crippen molar-refractivity contribution < 1.29 is 4.79 Å². The molecule has 4 heteroatoms. The molecule has 0 aliphatic carbocycles. The van der Waals surface area contributed by atoms with E-state index in [1.54, 1.807) is 6.07 Å². The second kappa shape index (κ2) is 6.57. The minimum absolute atomic E-state index is 0.0523. The molecule has 1 aromatic carbocycles. The average molecular weight is 285 g/mol. The molecule has 1 aromatic heterocycles. The van der Waals surface area contributed by atoms with Gasteiger partial charge in [0.15, 0.2) is 5.78 Å². The predicted molar refractivity (Wildman–Crippen MR) is 85.5 cm³/mol. The van der Waals surface area contributed by atoms with E-state index in [9.17, 15) is 4.79 Å². The second-order valence-corrected chi connectivity index (χ2v) is 5.43. The number of anilines is 1. The smallest absolute Gasteiger partial charge is 0.168 e. The SMILES string of the molecule is CCC(CC)n1ccc(CC(=O)c2ccc(C)c(N)c2)n1. The fourth-order valence-electron chi connectivity index (χ4n) is 2.42. The minimum atomic E-state index is 0.0523. The quantitative estimate of drug-likeness (QED) is 0.652. The molecule has 2 aromatic rings. The van der Waals surface area contributed by atoms with Gasteiger partial charge in [-0.2, -0.15) is 5.10 Å². The standard InChI is InChI=1S/C17H23N3O/c1-4-15(5-2)20-9-8-14(19-20)11-17(21)13-7-6-12(3)16(18)10-13/h6-10,15H,4-5,11,18H2,1-3H3. The highest BCUT2D eigenvalue weighted by Crippen LogP contribution is 2.17. The van der Waals surface area contributed by atoms with E-state index in [1.165, 1.54) is 0 Å². The van der Waals surface area contributed by atoms with E-state index < -0.39 is 0 Å². The van der Waals surface area contributed by atoms with Crippen molar-refractivity contribution in [3.8, 4) is 0 Å². The molecule has 0 unspecified atom stereocenters. The van der Waals surface area contributed by atoms with Gasteiger partial charge in [-0.25, -0.2) is 0 Å². The zero-order valence-electron chi connectivity index (χ0n) is 13.0. The molecule has 0 amide bonds. The molecule has 0 aliphatic heterocycles. The molecule has 2 N–H and O–H groups in total. The molecule has 1 heterocycles. The van der Waals surface area contributed by atoms with Crippen LogP contribution in [0.3, 0.4) is 0 Å². The van der Waals surface area contributed by atoms with Crippen LogP contribution in [0.4, 0.5) is 5.69 Å². The molecular weight excluding hydrogens is 262 g/mol. The Morgan fingerprint density at radius 3 is 2.62 bits per heavy atom. The van der Waals surface area contributed by atoms with Crippen molar-refractivity contribution in [2.24, 2.45) is 0 Å². The molecule has 0 saturated carbocycles. The zero-order valence-corrected chi connectivity index (χ0v) is 13.0. The van der Waals surface area contributed by atoms with Gasteiger partial charge >= 0.3 is 0 Å². The second-order valence-electron chi connectivity index (χ2n) is 5.43. The lowest BCUT2D eigenvalue weighted by molar-refractivity contribution is 0.0991. The van der Waals surface area contributed by atoms with Crippen LogP contribution in [0.5, 0.6) is 0 Å². The van der Waals surface area contributed by atoms with Crippen LogP contribution < -0.4 is 5.73 Å². The summed E-state index contributed by atoms with van der Waals surface area (Å²) in [6.07, 6.45) is 4.36. The van der Waals surface area contributed by atoms with Gasteiger partial charge in [0, 0.05) is 17.4 Å². The molecule has 0 spiro atoms. The fraction of sp³-hybridized carbons (Fsp3) is 0.412. The lowest BCUT2D eigenvalue weighted by Crippen LogP contribution is -2.10. The molecule has 112 valence electrons. The largest absolute Gasteiger partial charge is 0.398 e. The van der Waals surface area contributed by atoms with E-state index in [0.29, 0.717) is 23.7 Å². The van der Waals surface area contributed by atoms with Gasteiger partial charge < -0.3 is 5.73 Å². The van der Waals surface area contributed by atoms with Crippen LogP contribution >= 0.6 is 0 Å². The van der Waals surface area contributed by atoms with Crippen LogP contribution in [0.1, 0.15) is 54.3 Å². The van der Waals surface area contributed by atoms with Gasteiger partial charge in [-0.05, 0) is 37.5 Å². The zero-order chi connectivity index (χ0) is 15.4. The Hall–Kier alpha value is -2.10. The molecule has 0 saturated heterocycles. The summed E-state index contributed by atoms with van der Waals surface area (Å²) >= 11 is 0. The monoisotopic (exact) mass is 285 g/mol. The van der Waals surface area contributed by atoms with Crippen molar-refractivity contribution in [3.63, 3.8) is 0 Å². The minimum Gasteiger partial charge on any atom is -0.398 e. The van der Waals surface area contributed by atoms with E-state index >= 15 is 0 Å². The molecule has 21 heavy (non-hydrogen) atoms. The van der Waals surface area contributed by atoms with Crippen LogP contribution in [0.15, 0.2) is 30.5 Å². The normalized spacial score (nSPS) is 11.0. The average Bonchev–Trinajstić information content (AvgIpc) is 2.91. The van der Waals surface area contributed by atoms with Crippen LogP contribution in [-0.2, 0) is 6.42 Å². The number of hydrogen-bond donors (Lipinski definition) is 1. The third kappa shape index (κ3) is 3.51. The molecule has 0 atom stereocenters. The first-order chi connectivity index (χ1) is 10.0. The number of rotatable bonds is 6. The van der Waals surface area contributed by atoms with Crippen molar-refractivity contribution in [1.29, 1.82) is 0 Å². The van der Waals surface area contributed by atoms with Gasteiger partial charge in [0.05, 0.1) is 18.2 Å². The first kappa shape index (κ1) is 15.3. The maximum absolute atomic E-state index is 12.3. The number of nitrogen functional groups attached to an aromatic ring is 1. The molecule has 2 rings (SSSR count). The summed E-state index contributed by atoms with van der Waals surface area (Å²) in [7, 11) is 0. The summed E-state index contributed by atoms with van der Waals surface area (Å²) < 4.78 is 1.96. The van der Waals surface area contributed by atoms with Gasteiger partial charge in [0.25, 0.3) is 0 Å². The Labute approximate surface area is 126 Å². The Kier molecular flexibility index (Phi) is 4.78. The highest BCUT2D eigenvalue weighted by Gasteiger charge is 2.12. The van der Waals surface area contributed by atoms with Crippen LogP contribution in [0, 0.1) is 6.92 Å². The maximum Gasteiger partial charge on any atom is 0.168 e. The Balaban J connectivity index is 2.11. The number of carbonyl (C=O) groups excluding carboxylic acids is 1. The van der Waals surface area contributed by atoms with E-state index in [1.807, 2.05) is 36.0 Å². The molecule has 4 nitrogen and oxygen atoms in total. The van der Waals surface area contributed by atoms with Crippen LogP contribution in [0.25, 0.3) is 0 Å². The Morgan fingerprint density at radius 2 is 2.00 bits per heavy atom. The first-order valence-corrected chi connectivity index (χ1v) is 7.48. The van der Waals surface area contributed by atoms with Crippen molar-refractivity contribution in [1.82, 2.24) is 9.78 Å². The van der Waals surface area contributed by atoms with Crippen molar-refractivity contribution in [2.75, 3.05) is 5.73 Å². The van der Waals surface area contributed by atoms with Gasteiger partial charge in [0.1, 0.15) is 0 Å². The predicted octanol–water partition coefficient (Wildman–Crippen LogP) is 3.56. The number of aromatic nitrogens is 2. The molecule has 0 bridgehead atoms. The third-order valence-electron chi connectivity index (χ3n) is 3.92. The highest BCUT2D eigenvalue weighted by molar-refractivity contribution is 5.98. The number of nitrogens with zero attached hydrogens (tertiary/aromatic N) is 2. The number of carbonyl (C=O) groups is 1. The van der Waals surface area contributed by atoms with Crippen molar-refractivity contribution >= 4 is 11.5 Å². The van der Waals surface area contributed by atoms with Gasteiger partial charge in [-0.1, -0.05) is 26.0 Å². The summed E-state index contributed by atoms with van der Waals surface area (Å²) in [6, 6.07) is 7.78. The number of Topliss-reactive ketones (excluding diaryl/α,β-unsaturated/α-hetero) is 1. The number of ketones is 1. The van der Waals surface area contributed by atoms with Crippen molar-refractivity contribution in [3.05, 3.63) is 47.3 Å². The molecule has 0 fully saturated rings. The number of aryl methyl sites for hydroxylation is 1. The van der Waals surface area contributed by atoms with E-state index in [2.05, 4.69) is 18.9 Å². The Morgan fingerprint density at radius 1 is 1.29 bits per heavy atom. The molecule has 0 aliphatic rings. The summed E-state index contributed by atoms with van der Waals surface area (Å²) in [6.45, 7) is 6.23. The van der Waals surface area contributed by atoms with Gasteiger partial charge in [0.2, 0.25) is 0 Å². The van der Waals surface area contributed by atoms with Gasteiger partial charge in [-0.3, -0.25) is 9.48 Å². The number of hydrogen-bond acceptors (Lipinski definition) is 3. The lowest BCUT2D eigenvalue weighted by Gasteiger charge is -2.12. The van der Waals surface area contributed by atoms with Crippen LogP contribution in [0.2, 0.25) is 0 Å². The van der Waals surface area contributed by atoms with E-state index in [4.69, 9.17) is 5.73 Å². The summed E-state index contributed by atoms with van der Waals surface area (Å²) in [5.41, 5.74) is 8.97. The lowest BCUT2D eigenvalue weighted by atomic mass is 10.0. The molecule has 0 radical (unpaired) electrons. The Bertz CT molecular complexity index is 627. The van der Waals surface area contributed by atoms with Gasteiger partial charge in [-0.15, -0.1) is 0 Å². The highest BCUT2D eigenvalue weighted by atomic mass is 16.1. The summed E-state index contributed by atoms with van der Waals surface area (Å²) in [5.74, 6) is 0.0523. The topological polar surface area (TPSA) is 60.9 Å². The fourth-order valence-corrected chi connectivity index (χ4v) is 2.42. The van der Waals surface area contributed by atoms with Crippen LogP contribution in [-0.4, -0.2) is 15.6 Å². The molecular formula is C17H23N3O. The first-order valence-electron chi connectivity index (χ1n) is 7.48.